The summed E-state index contributed by atoms with van der Waals surface area (Å²) in [6.45, 7) is 11.8. The zero-order valence-electron chi connectivity index (χ0n) is 15.6. The average Bonchev–Trinajstić information content (AvgIpc) is 2.67. The maximum atomic E-state index is 12.8. The monoisotopic (exact) mass is 338 g/mol. The second kappa shape index (κ2) is 6.84. The van der Waals surface area contributed by atoms with Gasteiger partial charge in [0, 0.05) is 12.3 Å². The molecule has 0 radical (unpaired) electrons. The highest BCUT2D eigenvalue weighted by molar-refractivity contribution is 5.94. The van der Waals surface area contributed by atoms with Gasteiger partial charge in [0.15, 0.2) is 0 Å². The summed E-state index contributed by atoms with van der Waals surface area (Å²) in [5, 5.41) is 9.74. The van der Waals surface area contributed by atoms with Crippen LogP contribution in [0.4, 0.5) is 4.79 Å². The lowest BCUT2D eigenvalue weighted by Crippen LogP contribution is -2.50. The third kappa shape index (κ3) is 4.36. The van der Waals surface area contributed by atoms with Gasteiger partial charge in [0.1, 0.15) is 17.4 Å². The van der Waals surface area contributed by atoms with E-state index in [-0.39, 0.29) is 12.6 Å². The van der Waals surface area contributed by atoms with Crippen LogP contribution in [0.3, 0.4) is 0 Å². The molecular formula is C18H30N2O4. The van der Waals surface area contributed by atoms with Crippen molar-refractivity contribution in [2.75, 3.05) is 13.2 Å². The Labute approximate surface area is 144 Å². The van der Waals surface area contributed by atoms with E-state index < -0.39 is 23.5 Å². The lowest BCUT2D eigenvalue weighted by molar-refractivity contribution is -0.0866. The molecule has 1 N–H and O–H groups in total. The van der Waals surface area contributed by atoms with Crippen molar-refractivity contribution in [3.63, 3.8) is 0 Å². The van der Waals surface area contributed by atoms with E-state index in [2.05, 4.69) is 11.1 Å². The predicted molar refractivity (Wildman–Crippen MR) is 93.2 cm³/mol. The third-order valence-electron chi connectivity index (χ3n) is 4.23. The highest BCUT2D eigenvalue weighted by Gasteiger charge is 2.51. The molecule has 0 aromatic rings. The second-order valence-corrected chi connectivity index (χ2v) is 7.98. The molecule has 0 bridgehead atoms. The highest BCUT2D eigenvalue weighted by Crippen LogP contribution is 2.37. The molecule has 24 heavy (non-hydrogen) atoms. The van der Waals surface area contributed by atoms with Crippen molar-refractivity contribution >= 4 is 11.8 Å². The summed E-state index contributed by atoms with van der Waals surface area (Å²) < 4.78 is 11.5. The van der Waals surface area contributed by atoms with Gasteiger partial charge in [-0.25, -0.2) is 4.79 Å². The van der Waals surface area contributed by atoms with E-state index in [1.807, 2.05) is 41.5 Å². The first kappa shape index (κ1) is 18.9. The van der Waals surface area contributed by atoms with Gasteiger partial charge in [-0.15, -0.1) is 0 Å². The first-order valence-electron chi connectivity index (χ1n) is 8.55. The molecule has 2 aliphatic rings. The number of carbonyl (C=O) groups is 1. The molecule has 0 saturated carbocycles. The maximum Gasteiger partial charge on any atom is 0.412 e. The molecule has 6 nitrogen and oxygen atoms in total. The number of dihydropyridines is 1. The Hall–Kier alpha value is -1.40. The Balaban J connectivity index is 2.26. The standard InChI is InChI=1S/C18H30N2O4/c1-12-9-13(7-8-19-12)10-14-15(11-21)23-18(5,6)20(14)16(22)24-17(2,3)4/h9,14-15,21H,7-8,10-11H2,1-6H3/t14-,15+/m0/s1. The number of hydrogen-bond acceptors (Lipinski definition) is 5. The van der Waals surface area contributed by atoms with Crippen molar-refractivity contribution in [1.29, 1.82) is 0 Å². The van der Waals surface area contributed by atoms with Crippen LogP contribution in [0.2, 0.25) is 0 Å². The zero-order chi connectivity index (χ0) is 18.1. The molecule has 2 atom stereocenters. The number of amides is 1. The SMILES string of the molecule is CC1=NCCC(C[C@H]2[C@@H](CO)OC(C)(C)N2C(=O)OC(C)(C)C)=C1. The van der Waals surface area contributed by atoms with Gasteiger partial charge in [0.25, 0.3) is 0 Å². The van der Waals surface area contributed by atoms with E-state index >= 15 is 0 Å². The van der Waals surface area contributed by atoms with Gasteiger partial charge in [-0.3, -0.25) is 9.89 Å². The zero-order valence-corrected chi connectivity index (χ0v) is 15.6. The van der Waals surface area contributed by atoms with E-state index in [1.54, 1.807) is 4.90 Å². The van der Waals surface area contributed by atoms with Gasteiger partial charge in [-0.05, 0) is 60.5 Å². The predicted octanol–water partition coefficient (Wildman–Crippen LogP) is 2.90. The first-order valence-corrected chi connectivity index (χ1v) is 8.55. The number of aliphatic hydroxyl groups excluding tert-OH is 1. The summed E-state index contributed by atoms with van der Waals surface area (Å²) in [6.07, 6.45) is 2.76. The van der Waals surface area contributed by atoms with Crippen LogP contribution < -0.4 is 0 Å². The maximum absolute atomic E-state index is 12.8. The summed E-state index contributed by atoms with van der Waals surface area (Å²) in [4.78, 5) is 18.8. The van der Waals surface area contributed by atoms with Crippen LogP contribution in [0.5, 0.6) is 0 Å². The number of aliphatic hydroxyl groups is 1. The van der Waals surface area contributed by atoms with Crippen molar-refractivity contribution in [2.24, 2.45) is 4.99 Å². The molecular weight excluding hydrogens is 308 g/mol. The quantitative estimate of drug-likeness (QED) is 0.859. The van der Waals surface area contributed by atoms with Crippen LogP contribution in [-0.4, -0.2) is 58.4 Å². The topological polar surface area (TPSA) is 71.4 Å². The third-order valence-corrected chi connectivity index (χ3v) is 4.23. The summed E-state index contributed by atoms with van der Waals surface area (Å²) in [6, 6.07) is -0.253. The molecule has 1 amide bonds. The molecule has 6 heteroatoms. The Morgan fingerprint density at radius 1 is 1.50 bits per heavy atom. The fourth-order valence-corrected chi connectivity index (χ4v) is 3.34. The molecule has 2 aliphatic heterocycles. The molecule has 2 heterocycles. The number of nitrogens with zero attached hydrogens (tertiary/aromatic N) is 2. The summed E-state index contributed by atoms with van der Waals surface area (Å²) in [7, 11) is 0. The van der Waals surface area contributed by atoms with Crippen molar-refractivity contribution < 1.29 is 19.4 Å². The molecule has 2 rings (SSSR count). The van der Waals surface area contributed by atoms with Crippen LogP contribution in [0.1, 0.15) is 54.4 Å². The van der Waals surface area contributed by atoms with E-state index in [9.17, 15) is 9.90 Å². The molecule has 0 spiro atoms. The Morgan fingerprint density at radius 2 is 2.17 bits per heavy atom. The van der Waals surface area contributed by atoms with Crippen LogP contribution in [0.25, 0.3) is 0 Å². The van der Waals surface area contributed by atoms with Crippen molar-refractivity contribution in [3.05, 3.63) is 11.6 Å². The van der Waals surface area contributed by atoms with E-state index in [4.69, 9.17) is 9.47 Å². The molecule has 0 aliphatic carbocycles. The smallest absolute Gasteiger partial charge is 0.412 e. The fourth-order valence-electron chi connectivity index (χ4n) is 3.34. The minimum absolute atomic E-state index is 0.131. The molecule has 1 saturated heterocycles. The van der Waals surface area contributed by atoms with Gasteiger partial charge < -0.3 is 14.6 Å². The Kier molecular flexibility index (Phi) is 5.40. The normalized spacial score (nSPS) is 26.9. The van der Waals surface area contributed by atoms with Crippen molar-refractivity contribution in [1.82, 2.24) is 4.90 Å². The van der Waals surface area contributed by atoms with Gasteiger partial charge in [-0.1, -0.05) is 5.57 Å². The van der Waals surface area contributed by atoms with Gasteiger partial charge >= 0.3 is 6.09 Å². The molecule has 0 unspecified atom stereocenters. The van der Waals surface area contributed by atoms with Gasteiger partial charge in [0.2, 0.25) is 0 Å². The summed E-state index contributed by atoms with van der Waals surface area (Å²) in [5.41, 5.74) is 0.820. The Bertz CT molecular complexity index is 546. The molecule has 0 aromatic carbocycles. The van der Waals surface area contributed by atoms with E-state index in [0.717, 1.165) is 18.7 Å². The summed E-state index contributed by atoms with van der Waals surface area (Å²) in [5.74, 6) is 0. The van der Waals surface area contributed by atoms with Crippen molar-refractivity contribution in [2.45, 2.75) is 77.9 Å². The van der Waals surface area contributed by atoms with Crippen LogP contribution >= 0.6 is 0 Å². The van der Waals surface area contributed by atoms with Crippen molar-refractivity contribution in [3.8, 4) is 0 Å². The van der Waals surface area contributed by atoms with E-state index in [0.29, 0.717) is 6.42 Å². The lowest BCUT2D eigenvalue weighted by Gasteiger charge is -2.35. The average molecular weight is 338 g/mol. The van der Waals surface area contributed by atoms with E-state index in [1.165, 1.54) is 5.57 Å². The Morgan fingerprint density at radius 3 is 2.71 bits per heavy atom. The largest absolute Gasteiger partial charge is 0.444 e. The summed E-state index contributed by atoms with van der Waals surface area (Å²) >= 11 is 0. The fraction of sp³-hybridized carbons (Fsp3) is 0.778. The highest BCUT2D eigenvalue weighted by atomic mass is 16.6. The molecule has 1 fully saturated rings. The minimum Gasteiger partial charge on any atom is -0.444 e. The number of rotatable bonds is 3. The number of hydrogen-bond donors (Lipinski definition) is 1. The first-order chi connectivity index (χ1) is 11.0. The van der Waals surface area contributed by atoms with Crippen LogP contribution in [0.15, 0.2) is 16.6 Å². The lowest BCUT2D eigenvalue weighted by atomic mass is 9.96. The number of ether oxygens (including phenoxy) is 2. The van der Waals surface area contributed by atoms with Crippen LogP contribution in [-0.2, 0) is 9.47 Å². The molecule has 136 valence electrons. The number of allylic oxidation sites excluding steroid dienone is 1. The minimum atomic E-state index is -0.821. The van der Waals surface area contributed by atoms with Gasteiger partial charge in [0.05, 0.1) is 12.6 Å². The van der Waals surface area contributed by atoms with Gasteiger partial charge in [-0.2, -0.15) is 0 Å². The second-order valence-electron chi connectivity index (χ2n) is 7.98. The van der Waals surface area contributed by atoms with Crippen LogP contribution in [0, 0.1) is 0 Å². The number of aliphatic imine (C=N–C) groups is 1. The number of carbonyl (C=O) groups excluding carboxylic acids is 1. The molecule has 0 aromatic heterocycles.